The van der Waals surface area contributed by atoms with Gasteiger partial charge in [0.1, 0.15) is 0 Å². The monoisotopic (exact) mass is 276 g/mol. The van der Waals surface area contributed by atoms with Gasteiger partial charge in [0.25, 0.3) is 0 Å². The molecule has 0 aliphatic carbocycles. The molecule has 0 fully saturated rings. The summed E-state index contributed by atoms with van der Waals surface area (Å²) in [6.07, 6.45) is 0. The topological polar surface area (TPSA) is 38.5 Å². The highest BCUT2D eigenvalue weighted by Crippen LogP contribution is 2.32. The summed E-state index contributed by atoms with van der Waals surface area (Å²) in [4.78, 5) is 6.61. The van der Waals surface area contributed by atoms with Crippen LogP contribution in [0.4, 0.5) is 0 Å². The van der Waals surface area contributed by atoms with Gasteiger partial charge in [0.15, 0.2) is 0 Å². The third-order valence-corrected chi connectivity index (χ3v) is 3.78. The largest absolute Gasteiger partial charge is 0.326 e. The van der Waals surface area contributed by atoms with Crippen molar-refractivity contribution in [3.63, 3.8) is 0 Å². The molecule has 0 radical (unpaired) electrons. The van der Waals surface area contributed by atoms with E-state index in [0.29, 0.717) is 5.92 Å². The predicted octanol–water partition coefficient (Wildman–Crippen LogP) is 3.31. The molecule has 0 aliphatic rings. The Hall–Kier alpha value is -0.130. The Morgan fingerprint density at radius 2 is 2.06 bits per heavy atom. The summed E-state index contributed by atoms with van der Waals surface area (Å²) in [6, 6.07) is 3.97. The number of rotatable bonds is 6. The van der Waals surface area contributed by atoms with Crippen LogP contribution in [0, 0.1) is 5.92 Å². The van der Waals surface area contributed by atoms with E-state index in [1.807, 2.05) is 24.1 Å². The molecule has 0 aromatic carbocycles. The Morgan fingerprint density at radius 1 is 1.41 bits per heavy atom. The fourth-order valence-corrected chi connectivity index (χ4v) is 3.09. The van der Waals surface area contributed by atoms with Crippen molar-refractivity contribution in [3.8, 4) is 0 Å². The van der Waals surface area contributed by atoms with Crippen molar-refractivity contribution in [1.82, 2.24) is 5.06 Å². The minimum Gasteiger partial charge on any atom is -0.326 e. The highest BCUT2D eigenvalue weighted by molar-refractivity contribution is 7.16. The van der Waals surface area contributed by atoms with Crippen molar-refractivity contribution >= 4 is 22.9 Å². The average Bonchev–Trinajstić information content (AvgIpc) is 2.62. The van der Waals surface area contributed by atoms with Crippen LogP contribution in [0.15, 0.2) is 12.1 Å². The first kappa shape index (κ1) is 14.9. The van der Waals surface area contributed by atoms with Crippen LogP contribution in [0.25, 0.3) is 0 Å². The zero-order chi connectivity index (χ0) is 13.0. The number of thiophene rings is 1. The van der Waals surface area contributed by atoms with Gasteiger partial charge in [0, 0.05) is 17.5 Å². The van der Waals surface area contributed by atoms with Crippen LogP contribution in [-0.4, -0.2) is 24.8 Å². The van der Waals surface area contributed by atoms with Crippen molar-refractivity contribution in [3.05, 3.63) is 21.3 Å². The van der Waals surface area contributed by atoms with E-state index < -0.39 is 0 Å². The molecule has 1 heterocycles. The molecule has 0 aliphatic heterocycles. The van der Waals surface area contributed by atoms with E-state index in [2.05, 4.69) is 13.8 Å². The molecule has 17 heavy (non-hydrogen) atoms. The molecule has 1 aromatic heterocycles. The first-order chi connectivity index (χ1) is 7.95. The second-order valence-corrected chi connectivity index (χ2v) is 6.37. The predicted molar refractivity (Wildman–Crippen MR) is 74.3 cm³/mol. The van der Waals surface area contributed by atoms with Crippen LogP contribution in [0.5, 0.6) is 0 Å². The maximum Gasteiger partial charge on any atom is 0.0931 e. The quantitative estimate of drug-likeness (QED) is 0.810. The molecule has 3 nitrogen and oxygen atoms in total. The van der Waals surface area contributed by atoms with Crippen molar-refractivity contribution in [1.29, 1.82) is 0 Å². The molecule has 2 atom stereocenters. The highest BCUT2D eigenvalue weighted by atomic mass is 35.5. The maximum atomic E-state index is 6.07. The van der Waals surface area contributed by atoms with Gasteiger partial charge in [0.05, 0.1) is 17.5 Å². The molecule has 5 heteroatoms. The summed E-state index contributed by atoms with van der Waals surface area (Å²) in [5, 5.41) is 1.94. The van der Waals surface area contributed by atoms with Gasteiger partial charge in [-0.2, -0.15) is 5.06 Å². The smallest absolute Gasteiger partial charge is 0.0931 e. The van der Waals surface area contributed by atoms with E-state index in [9.17, 15) is 0 Å². The lowest BCUT2D eigenvalue weighted by molar-refractivity contribution is -0.172. The SMILES string of the molecule is CON(CC(C)C)C(c1ccc(Cl)s1)C(C)N. The van der Waals surface area contributed by atoms with Crippen molar-refractivity contribution < 1.29 is 4.84 Å². The molecule has 0 saturated heterocycles. The number of hydrogen-bond acceptors (Lipinski definition) is 4. The van der Waals surface area contributed by atoms with Crippen molar-refractivity contribution in [2.24, 2.45) is 11.7 Å². The second kappa shape index (κ2) is 6.71. The number of nitrogens with two attached hydrogens (primary N) is 1. The van der Waals surface area contributed by atoms with Crippen LogP contribution in [0.2, 0.25) is 4.34 Å². The van der Waals surface area contributed by atoms with Crippen molar-refractivity contribution in [2.75, 3.05) is 13.7 Å². The second-order valence-electron chi connectivity index (χ2n) is 4.62. The third kappa shape index (κ3) is 4.23. The van der Waals surface area contributed by atoms with E-state index in [1.54, 1.807) is 18.4 Å². The summed E-state index contributed by atoms with van der Waals surface area (Å²) in [7, 11) is 1.69. The van der Waals surface area contributed by atoms with Crippen LogP contribution < -0.4 is 5.73 Å². The molecule has 2 unspecified atom stereocenters. The fourth-order valence-electron chi connectivity index (χ4n) is 1.81. The van der Waals surface area contributed by atoms with E-state index in [0.717, 1.165) is 15.8 Å². The summed E-state index contributed by atoms with van der Waals surface area (Å²) in [5.74, 6) is 0.520. The molecular formula is C12H21ClN2OS. The molecule has 98 valence electrons. The molecule has 1 aromatic rings. The fraction of sp³-hybridized carbons (Fsp3) is 0.667. The minimum atomic E-state index is -0.0107. The van der Waals surface area contributed by atoms with Crippen LogP contribution in [-0.2, 0) is 4.84 Å². The normalized spacial score (nSPS) is 15.5. The average molecular weight is 277 g/mol. The lowest BCUT2D eigenvalue weighted by atomic mass is 10.1. The first-order valence-electron chi connectivity index (χ1n) is 5.77. The van der Waals surface area contributed by atoms with Gasteiger partial charge in [-0.1, -0.05) is 25.4 Å². The maximum absolute atomic E-state index is 6.07. The summed E-state index contributed by atoms with van der Waals surface area (Å²) < 4.78 is 0.784. The van der Waals surface area contributed by atoms with Gasteiger partial charge in [-0.05, 0) is 25.0 Å². The van der Waals surface area contributed by atoms with Crippen LogP contribution in [0.3, 0.4) is 0 Å². The first-order valence-corrected chi connectivity index (χ1v) is 6.96. The van der Waals surface area contributed by atoms with Crippen LogP contribution in [0.1, 0.15) is 31.7 Å². The van der Waals surface area contributed by atoms with Gasteiger partial charge in [-0.3, -0.25) is 0 Å². The van der Waals surface area contributed by atoms with Gasteiger partial charge in [-0.25, -0.2) is 0 Å². The molecule has 0 spiro atoms. The number of halogens is 1. The summed E-state index contributed by atoms with van der Waals surface area (Å²) in [5.41, 5.74) is 6.07. The Labute approximate surface area is 112 Å². The van der Waals surface area contributed by atoms with E-state index >= 15 is 0 Å². The Bertz CT molecular complexity index is 341. The molecule has 0 amide bonds. The highest BCUT2D eigenvalue weighted by Gasteiger charge is 2.26. The lowest BCUT2D eigenvalue weighted by Crippen LogP contribution is -2.40. The Kier molecular flexibility index (Phi) is 5.89. The van der Waals surface area contributed by atoms with Crippen molar-refractivity contribution in [2.45, 2.75) is 32.9 Å². The standard InChI is InChI=1S/C12H21ClN2OS/c1-8(2)7-15(16-4)12(9(3)14)10-5-6-11(13)17-10/h5-6,8-9,12H,7,14H2,1-4H3. The van der Waals surface area contributed by atoms with Gasteiger partial charge in [0.2, 0.25) is 0 Å². The zero-order valence-electron chi connectivity index (χ0n) is 10.8. The molecule has 0 saturated carbocycles. The number of hydroxylamine groups is 2. The van der Waals surface area contributed by atoms with E-state index in [1.165, 1.54) is 0 Å². The summed E-state index contributed by atoms with van der Waals surface area (Å²) >= 11 is 7.54. The lowest BCUT2D eigenvalue weighted by Gasteiger charge is -2.32. The number of hydrogen-bond donors (Lipinski definition) is 1. The van der Waals surface area contributed by atoms with Gasteiger partial charge < -0.3 is 10.6 Å². The van der Waals surface area contributed by atoms with Gasteiger partial charge in [-0.15, -0.1) is 11.3 Å². The molecule has 2 N–H and O–H groups in total. The zero-order valence-corrected chi connectivity index (χ0v) is 12.4. The third-order valence-electron chi connectivity index (χ3n) is 2.47. The molecule has 0 bridgehead atoms. The van der Waals surface area contributed by atoms with Crippen LogP contribution >= 0.6 is 22.9 Å². The molecule has 1 rings (SSSR count). The minimum absolute atomic E-state index is 0.0107. The number of nitrogens with zero attached hydrogens (tertiary/aromatic N) is 1. The Balaban J connectivity index is 2.90. The van der Waals surface area contributed by atoms with E-state index in [4.69, 9.17) is 22.2 Å². The molecular weight excluding hydrogens is 256 g/mol. The summed E-state index contributed by atoms with van der Waals surface area (Å²) in [6.45, 7) is 7.15. The van der Waals surface area contributed by atoms with Gasteiger partial charge >= 0.3 is 0 Å². The van der Waals surface area contributed by atoms with E-state index in [-0.39, 0.29) is 12.1 Å². The Morgan fingerprint density at radius 3 is 2.41 bits per heavy atom.